The van der Waals surface area contributed by atoms with Gasteiger partial charge in [0.25, 0.3) is 11.6 Å². The summed E-state index contributed by atoms with van der Waals surface area (Å²) in [5.74, 6) is -0.180. The number of nitro benzene ring substituents is 1. The molecule has 0 aliphatic carbocycles. The zero-order valence-corrected chi connectivity index (χ0v) is 14.2. The molecule has 1 amide bonds. The summed E-state index contributed by atoms with van der Waals surface area (Å²) < 4.78 is 1.45. The Kier molecular flexibility index (Phi) is 4.75. The maximum atomic E-state index is 12.8. The van der Waals surface area contributed by atoms with Crippen LogP contribution in [0.2, 0.25) is 0 Å². The lowest BCUT2D eigenvalue weighted by Gasteiger charge is -2.31. The molecule has 25 heavy (non-hydrogen) atoms. The van der Waals surface area contributed by atoms with Crippen LogP contribution in [0.1, 0.15) is 29.0 Å². The van der Waals surface area contributed by atoms with Gasteiger partial charge in [-0.1, -0.05) is 11.3 Å². The summed E-state index contributed by atoms with van der Waals surface area (Å²) in [7, 11) is 1.78. The molecule has 1 aromatic carbocycles. The van der Waals surface area contributed by atoms with Gasteiger partial charge in [0, 0.05) is 25.2 Å². The fraction of sp³-hybridized carbons (Fsp3) is 0.438. The van der Waals surface area contributed by atoms with Gasteiger partial charge in [0.05, 0.1) is 16.3 Å². The molecule has 3 rings (SSSR count). The van der Waals surface area contributed by atoms with Crippen LogP contribution in [0.15, 0.2) is 24.3 Å². The summed E-state index contributed by atoms with van der Waals surface area (Å²) in [6, 6.07) is 6.27. The number of benzene rings is 1. The van der Waals surface area contributed by atoms with Crippen LogP contribution in [0.25, 0.3) is 5.69 Å². The minimum Gasteiger partial charge on any atom is -0.337 e. The molecular formula is C16H20N6O3. The lowest BCUT2D eigenvalue weighted by molar-refractivity contribution is -0.384. The number of non-ortho nitro benzene ring substituents is 1. The minimum absolute atomic E-state index is 0.0351. The molecule has 1 aliphatic rings. The van der Waals surface area contributed by atoms with Gasteiger partial charge in [-0.15, -0.1) is 5.10 Å². The van der Waals surface area contributed by atoms with Crippen molar-refractivity contribution in [1.29, 1.82) is 0 Å². The molecule has 0 radical (unpaired) electrons. The van der Waals surface area contributed by atoms with E-state index in [0.717, 1.165) is 25.9 Å². The molecule has 1 N–H and O–H groups in total. The molecule has 9 heteroatoms. The predicted octanol–water partition coefficient (Wildman–Crippen LogP) is 1.31. The number of rotatable bonds is 4. The molecule has 0 saturated carbocycles. The van der Waals surface area contributed by atoms with Crippen molar-refractivity contribution in [3.05, 3.63) is 45.8 Å². The van der Waals surface area contributed by atoms with E-state index in [1.54, 1.807) is 31.0 Å². The van der Waals surface area contributed by atoms with Gasteiger partial charge in [-0.3, -0.25) is 14.9 Å². The van der Waals surface area contributed by atoms with E-state index in [0.29, 0.717) is 11.4 Å². The van der Waals surface area contributed by atoms with E-state index in [4.69, 9.17) is 0 Å². The van der Waals surface area contributed by atoms with E-state index in [1.165, 1.54) is 16.8 Å². The van der Waals surface area contributed by atoms with Crippen molar-refractivity contribution in [1.82, 2.24) is 25.2 Å². The van der Waals surface area contributed by atoms with E-state index in [1.807, 2.05) is 0 Å². The van der Waals surface area contributed by atoms with Crippen LogP contribution in [0.5, 0.6) is 0 Å². The fourth-order valence-corrected chi connectivity index (χ4v) is 3.04. The molecule has 0 atom stereocenters. The molecule has 2 aromatic rings. The van der Waals surface area contributed by atoms with Gasteiger partial charge >= 0.3 is 0 Å². The Labute approximate surface area is 144 Å². The van der Waals surface area contributed by atoms with Crippen LogP contribution < -0.4 is 5.32 Å². The summed E-state index contributed by atoms with van der Waals surface area (Å²) in [5, 5.41) is 22.3. The highest BCUT2D eigenvalue weighted by molar-refractivity contribution is 5.93. The number of amides is 1. The van der Waals surface area contributed by atoms with Gasteiger partial charge < -0.3 is 10.2 Å². The van der Waals surface area contributed by atoms with Crippen molar-refractivity contribution >= 4 is 11.6 Å². The summed E-state index contributed by atoms with van der Waals surface area (Å²) >= 11 is 0. The molecule has 1 aliphatic heterocycles. The number of hydrogen-bond acceptors (Lipinski definition) is 6. The Morgan fingerprint density at radius 2 is 2.12 bits per heavy atom. The van der Waals surface area contributed by atoms with Gasteiger partial charge in [-0.25, -0.2) is 4.68 Å². The van der Waals surface area contributed by atoms with E-state index >= 15 is 0 Å². The largest absolute Gasteiger partial charge is 0.337 e. The summed E-state index contributed by atoms with van der Waals surface area (Å²) in [4.78, 5) is 25.0. The molecule has 2 heterocycles. The average Bonchev–Trinajstić information content (AvgIpc) is 3.02. The highest BCUT2D eigenvalue weighted by atomic mass is 16.6. The van der Waals surface area contributed by atoms with Gasteiger partial charge in [-0.2, -0.15) is 0 Å². The first-order valence-corrected chi connectivity index (χ1v) is 8.14. The molecule has 0 unspecified atom stereocenters. The highest BCUT2D eigenvalue weighted by Gasteiger charge is 2.27. The number of nitro groups is 1. The SMILES string of the molecule is Cc1c(C(=O)N(C)C2CCNCC2)nnn1-c1cccc([N+](=O)[O-])c1. The maximum absolute atomic E-state index is 12.8. The summed E-state index contributed by atoms with van der Waals surface area (Å²) in [5.41, 5.74) is 1.30. The normalized spacial score (nSPS) is 15.1. The second-order valence-electron chi connectivity index (χ2n) is 6.11. The van der Waals surface area contributed by atoms with Crippen molar-refractivity contribution in [2.24, 2.45) is 0 Å². The van der Waals surface area contributed by atoms with Crippen LogP contribution in [-0.2, 0) is 0 Å². The van der Waals surface area contributed by atoms with E-state index in [-0.39, 0.29) is 23.3 Å². The van der Waals surface area contributed by atoms with Crippen LogP contribution in [-0.4, -0.2) is 56.9 Å². The molecule has 9 nitrogen and oxygen atoms in total. The third kappa shape index (κ3) is 3.36. The predicted molar refractivity (Wildman–Crippen MR) is 90.7 cm³/mol. The van der Waals surface area contributed by atoms with Crippen LogP contribution in [0, 0.1) is 17.0 Å². The first-order chi connectivity index (χ1) is 12.0. The van der Waals surface area contributed by atoms with Crippen molar-refractivity contribution in [3.8, 4) is 5.69 Å². The van der Waals surface area contributed by atoms with Crippen molar-refractivity contribution < 1.29 is 9.72 Å². The van der Waals surface area contributed by atoms with Crippen LogP contribution in [0.3, 0.4) is 0 Å². The number of aromatic nitrogens is 3. The lowest BCUT2D eigenvalue weighted by Crippen LogP contribution is -2.44. The first kappa shape index (κ1) is 17.0. The van der Waals surface area contributed by atoms with Crippen molar-refractivity contribution in [3.63, 3.8) is 0 Å². The monoisotopic (exact) mass is 344 g/mol. The Bertz CT molecular complexity index is 797. The number of hydrogen-bond donors (Lipinski definition) is 1. The second-order valence-corrected chi connectivity index (χ2v) is 6.11. The van der Waals surface area contributed by atoms with Gasteiger partial charge in [0.1, 0.15) is 0 Å². The minimum atomic E-state index is -0.466. The average molecular weight is 344 g/mol. The number of nitrogens with one attached hydrogen (secondary N) is 1. The molecule has 0 spiro atoms. The molecule has 1 saturated heterocycles. The Morgan fingerprint density at radius 3 is 2.80 bits per heavy atom. The van der Waals surface area contributed by atoms with Crippen LogP contribution in [0.4, 0.5) is 5.69 Å². The highest BCUT2D eigenvalue weighted by Crippen LogP contribution is 2.20. The van der Waals surface area contributed by atoms with Gasteiger partial charge in [-0.05, 0) is 38.9 Å². The summed E-state index contributed by atoms with van der Waals surface area (Å²) in [6.07, 6.45) is 1.81. The maximum Gasteiger partial charge on any atom is 0.276 e. The van der Waals surface area contributed by atoms with E-state index in [9.17, 15) is 14.9 Å². The van der Waals surface area contributed by atoms with Crippen molar-refractivity contribution in [2.75, 3.05) is 20.1 Å². The fourth-order valence-electron chi connectivity index (χ4n) is 3.04. The van der Waals surface area contributed by atoms with Crippen molar-refractivity contribution in [2.45, 2.75) is 25.8 Å². The molecule has 1 fully saturated rings. The third-order valence-corrected chi connectivity index (χ3v) is 4.56. The van der Waals surface area contributed by atoms with E-state index in [2.05, 4.69) is 15.6 Å². The molecule has 0 bridgehead atoms. The first-order valence-electron chi connectivity index (χ1n) is 8.14. The molecule has 132 valence electrons. The summed E-state index contributed by atoms with van der Waals surface area (Å²) in [6.45, 7) is 3.52. The molecular weight excluding hydrogens is 324 g/mol. The van der Waals surface area contributed by atoms with Crippen LogP contribution >= 0.6 is 0 Å². The zero-order chi connectivity index (χ0) is 18.0. The standard InChI is InChI=1S/C16H20N6O3/c1-11-15(16(23)20(2)12-6-8-17-9-7-12)18-19-21(11)13-4-3-5-14(10-13)22(24)25/h3-5,10,12,17H,6-9H2,1-2H3. The number of nitrogens with zero attached hydrogens (tertiary/aromatic N) is 5. The number of carbonyl (C=O) groups is 1. The third-order valence-electron chi connectivity index (χ3n) is 4.56. The van der Waals surface area contributed by atoms with Gasteiger partial charge in [0.15, 0.2) is 5.69 Å². The Balaban J connectivity index is 1.86. The zero-order valence-electron chi connectivity index (χ0n) is 14.2. The Hall–Kier alpha value is -2.81. The van der Waals surface area contributed by atoms with E-state index < -0.39 is 4.92 Å². The lowest BCUT2D eigenvalue weighted by atomic mass is 10.0. The topological polar surface area (TPSA) is 106 Å². The smallest absolute Gasteiger partial charge is 0.276 e. The quantitative estimate of drug-likeness (QED) is 0.662. The number of piperidine rings is 1. The number of carbonyl (C=O) groups excluding carboxylic acids is 1. The van der Waals surface area contributed by atoms with Gasteiger partial charge in [0.2, 0.25) is 0 Å². The second kappa shape index (κ2) is 6.98. The molecule has 1 aromatic heterocycles. The Morgan fingerprint density at radius 1 is 1.40 bits per heavy atom.